The van der Waals surface area contributed by atoms with E-state index in [2.05, 4.69) is 0 Å². The highest BCUT2D eigenvalue weighted by atomic mass is 16.5. The van der Waals surface area contributed by atoms with Gasteiger partial charge < -0.3 is 19.9 Å². The second-order valence-electron chi connectivity index (χ2n) is 5.34. The molecule has 0 unspecified atom stereocenters. The number of fused-ring (bicyclic) bond motifs is 1. The van der Waals surface area contributed by atoms with E-state index in [4.69, 9.17) is 9.76 Å². The van der Waals surface area contributed by atoms with Crippen molar-refractivity contribution in [1.29, 1.82) is 0 Å². The van der Waals surface area contributed by atoms with Gasteiger partial charge in [-0.2, -0.15) is 0 Å². The van der Waals surface area contributed by atoms with E-state index in [1.807, 2.05) is 0 Å². The SMILES string of the molecule is Cc1ccc2c(c1C(=O)O)OB(O)[C@@H](CC(=O)CC(=O)O)C2. The van der Waals surface area contributed by atoms with E-state index in [1.165, 1.54) is 0 Å². The maximum atomic E-state index is 11.6. The Bertz CT molecular complexity index is 640. The topological polar surface area (TPSA) is 121 Å². The molecule has 116 valence electrons. The predicted octanol–water partition coefficient (Wildman–Crippen LogP) is 0.913. The number of hydrogen-bond donors (Lipinski definition) is 3. The van der Waals surface area contributed by atoms with Crippen LogP contribution >= 0.6 is 0 Å². The highest BCUT2D eigenvalue weighted by Crippen LogP contribution is 2.37. The second-order valence-corrected chi connectivity index (χ2v) is 5.34. The lowest BCUT2D eigenvalue weighted by Gasteiger charge is -2.28. The van der Waals surface area contributed by atoms with Crippen molar-refractivity contribution >= 4 is 24.8 Å². The van der Waals surface area contributed by atoms with Gasteiger partial charge in [0.05, 0.1) is 0 Å². The van der Waals surface area contributed by atoms with E-state index in [0.29, 0.717) is 11.1 Å². The Kier molecular flexibility index (Phi) is 4.51. The zero-order valence-electron chi connectivity index (χ0n) is 11.9. The van der Waals surface area contributed by atoms with Crippen molar-refractivity contribution in [2.75, 3.05) is 0 Å². The molecule has 0 bridgehead atoms. The lowest BCUT2D eigenvalue weighted by atomic mass is 9.64. The maximum Gasteiger partial charge on any atom is 0.526 e. The van der Waals surface area contributed by atoms with Crippen LogP contribution in [0, 0.1) is 6.92 Å². The summed E-state index contributed by atoms with van der Waals surface area (Å²) >= 11 is 0. The molecule has 1 aromatic rings. The smallest absolute Gasteiger partial charge is 0.526 e. The van der Waals surface area contributed by atoms with Gasteiger partial charge in [0.25, 0.3) is 0 Å². The van der Waals surface area contributed by atoms with Crippen molar-refractivity contribution in [1.82, 2.24) is 0 Å². The molecule has 0 aliphatic carbocycles. The Morgan fingerprint density at radius 3 is 2.59 bits per heavy atom. The first-order valence-corrected chi connectivity index (χ1v) is 6.73. The molecule has 0 amide bonds. The molecule has 0 fully saturated rings. The third-order valence-electron chi connectivity index (χ3n) is 3.62. The molecular formula is C14H15BO7. The van der Waals surface area contributed by atoms with Crippen molar-refractivity contribution in [2.24, 2.45) is 0 Å². The summed E-state index contributed by atoms with van der Waals surface area (Å²) in [6.45, 7) is 1.63. The first-order valence-electron chi connectivity index (χ1n) is 6.73. The van der Waals surface area contributed by atoms with Crippen LogP contribution in [0.4, 0.5) is 0 Å². The molecular weight excluding hydrogens is 291 g/mol. The van der Waals surface area contributed by atoms with E-state index < -0.39 is 37.1 Å². The fourth-order valence-electron chi connectivity index (χ4n) is 2.59. The fraction of sp³-hybridized carbons (Fsp3) is 0.357. The lowest BCUT2D eigenvalue weighted by Crippen LogP contribution is -2.36. The quantitative estimate of drug-likeness (QED) is 0.546. The van der Waals surface area contributed by atoms with E-state index in [-0.39, 0.29) is 24.2 Å². The Hall–Kier alpha value is -2.35. The van der Waals surface area contributed by atoms with Gasteiger partial charge in [-0.1, -0.05) is 12.1 Å². The minimum atomic E-state index is -1.34. The third-order valence-corrected chi connectivity index (χ3v) is 3.62. The molecule has 1 heterocycles. The zero-order chi connectivity index (χ0) is 16.4. The standard InChI is InChI=1S/C14H15BO7/c1-7-2-3-8-4-9(5-10(16)6-11(17)18)15(21)22-13(8)12(7)14(19)20/h2-3,9,21H,4-6H2,1H3,(H,17,18)(H,19,20)/t9-/m1/s1. The largest absolute Gasteiger partial charge is 0.535 e. The maximum absolute atomic E-state index is 11.6. The van der Waals surface area contributed by atoms with Gasteiger partial charge in [-0.3, -0.25) is 9.59 Å². The average Bonchev–Trinajstić information content (AvgIpc) is 2.38. The first kappa shape index (κ1) is 16.0. The molecule has 0 saturated carbocycles. The number of aliphatic carboxylic acids is 1. The molecule has 0 saturated heterocycles. The number of aromatic carboxylic acids is 1. The molecule has 1 aromatic carbocycles. The molecule has 1 aliphatic heterocycles. The number of carboxylic acids is 2. The molecule has 1 atom stereocenters. The highest BCUT2D eigenvalue weighted by molar-refractivity contribution is 6.47. The van der Waals surface area contributed by atoms with Crippen LogP contribution in [-0.4, -0.2) is 40.1 Å². The molecule has 1 aliphatic rings. The Morgan fingerprint density at radius 1 is 1.32 bits per heavy atom. The second kappa shape index (κ2) is 6.19. The van der Waals surface area contributed by atoms with Crippen molar-refractivity contribution < 1.29 is 34.3 Å². The summed E-state index contributed by atoms with van der Waals surface area (Å²) in [7, 11) is -1.34. The van der Waals surface area contributed by atoms with Crippen LogP contribution in [-0.2, 0) is 16.0 Å². The van der Waals surface area contributed by atoms with Crippen LogP contribution in [0.25, 0.3) is 0 Å². The van der Waals surface area contributed by atoms with Gasteiger partial charge in [0, 0.05) is 12.2 Å². The minimum absolute atomic E-state index is 0.00753. The van der Waals surface area contributed by atoms with Gasteiger partial charge >= 0.3 is 19.1 Å². The summed E-state index contributed by atoms with van der Waals surface area (Å²) in [5, 5.41) is 27.8. The number of rotatable bonds is 5. The number of aryl methyl sites for hydroxylation is 1. The van der Waals surface area contributed by atoms with Crippen LogP contribution in [0.15, 0.2) is 12.1 Å². The van der Waals surface area contributed by atoms with Crippen LogP contribution in [0.5, 0.6) is 5.75 Å². The summed E-state index contributed by atoms with van der Waals surface area (Å²) in [5.41, 5.74) is 1.09. The summed E-state index contributed by atoms with van der Waals surface area (Å²) < 4.78 is 5.30. The van der Waals surface area contributed by atoms with E-state index >= 15 is 0 Å². The van der Waals surface area contributed by atoms with Gasteiger partial charge in [-0.15, -0.1) is 0 Å². The van der Waals surface area contributed by atoms with Gasteiger partial charge in [-0.05, 0) is 24.5 Å². The molecule has 22 heavy (non-hydrogen) atoms. The Morgan fingerprint density at radius 2 is 2.00 bits per heavy atom. The number of carbonyl (C=O) groups is 3. The molecule has 8 heteroatoms. The summed E-state index contributed by atoms with van der Waals surface area (Å²) in [4.78, 5) is 33.4. The van der Waals surface area contributed by atoms with E-state index in [0.717, 1.165) is 0 Å². The van der Waals surface area contributed by atoms with Crippen molar-refractivity contribution in [3.8, 4) is 5.75 Å². The average molecular weight is 306 g/mol. The van der Waals surface area contributed by atoms with Crippen LogP contribution < -0.4 is 4.65 Å². The molecule has 2 rings (SSSR count). The number of carbonyl (C=O) groups excluding carboxylic acids is 1. The number of carboxylic acid groups (broad SMARTS) is 2. The lowest BCUT2D eigenvalue weighted by molar-refractivity contribution is -0.140. The van der Waals surface area contributed by atoms with Gasteiger partial charge in [-0.25, -0.2) is 4.79 Å². The summed E-state index contributed by atoms with van der Waals surface area (Å²) in [5.74, 6) is -3.36. The number of ketones is 1. The van der Waals surface area contributed by atoms with E-state index in [9.17, 15) is 24.5 Å². The van der Waals surface area contributed by atoms with Gasteiger partial charge in [0.2, 0.25) is 0 Å². The Labute approximate surface area is 126 Å². The fourth-order valence-corrected chi connectivity index (χ4v) is 2.59. The van der Waals surface area contributed by atoms with Crippen molar-refractivity contribution in [3.05, 3.63) is 28.8 Å². The zero-order valence-corrected chi connectivity index (χ0v) is 11.9. The number of Topliss-reactive ketones (excluding diaryl/α,β-unsaturated/α-hetero) is 1. The molecule has 7 nitrogen and oxygen atoms in total. The highest BCUT2D eigenvalue weighted by Gasteiger charge is 2.38. The monoisotopic (exact) mass is 306 g/mol. The van der Waals surface area contributed by atoms with Gasteiger partial charge in [0.15, 0.2) is 0 Å². The predicted molar refractivity (Wildman–Crippen MR) is 76.1 cm³/mol. The molecule has 0 radical (unpaired) electrons. The van der Waals surface area contributed by atoms with Crippen LogP contribution in [0.2, 0.25) is 5.82 Å². The minimum Gasteiger partial charge on any atom is -0.535 e. The Balaban J connectivity index is 2.24. The normalized spacial score (nSPS) is 16.6. The first-order chi connectivity index (χ1) is 10.3. The van der Waals surface area contributed by atoms with E-state index in [1.54, 1.807) is 19.1 Å². The van der Waals surface area contributed by atoms with Crippen molar-refractivity contribution in [2.45, 2.75) is 32.0 Å². The molecule has 0 spiro atoms. The van der Waals surface area contributed by atoms with Gasteiger partial charge in [0.1, 0.15) is 23.5 Å². The number of benzene rings is 1. The molecule has 3 N–H and O–H groups in total. The summed E-state index contributed by atoms with van der Waals surface area (Å²) in [6, 6.07) is 3.33. The third kappa shape index (κ3) is 3.28. The summed E-state index contributed by atoms with van der Waals surface area (Å²) in [6.07, 6.45) is -0.490. The molecule has 0 aromatic heterocycles. The van der Waals surface area contributed by atoms with Crippen LogP contribution in [0.3, 0.4) is 0 Å². The van der Waals surface area contributed by atoms with Crippen molar-refractivity contribution in [3.63, 3.8) is 0 Å². The number of hydrogen-bond acceptors (Lipinski definition) is 5. The van der Waals surface area contributed by atoms with Crippen LogP contribution in [0.1, 0.15) is 34.3 Å².